The number of hydrogen-bond donors (Lipinski definition) is 0. The molecule has 0 aliphatic heterocycles. The third-order valence-electron chi connectivity index (χ3n) is 3.01. The van der Waals surface area contributed by atoms with Gasteiger partial charge in [0.05, 0.1) is 18.6 Å². The molecule has 11 heteroatoms. The first kappa shape index (κ1) is 27.7. The molecule has 0 N–H and O–H groups in total. The van der Waals surface area contributed by atoms with Crippen molar-refractivity contribution in [3.63, 3.8) is 0 Å². The van der Waals surface area contributed by atoms with Crippen molar-refractivity contribution in [2.75, 3.05) is 26.5 Å². The molecule has 0 heterocycles. The Labute approximate surface area is 174 Å². The second kappa shape index (κ2) is 10.2. The molecule has 0 bridgehead atoms. The largest absolute Gasteiger partial charge is 0.520 e. The molecule has 0 aliphatic rings. The van der Waals surface area contributed by atoms with Gasteiger partial charge in [0.1, 0.15) is 0 Å². The minimum Gasteiger partial charge on any atom is -0.520 e. The zero-order chi connectivity index (χ0) is 22.6. The van der Waals surface area contributed by atoms with Crippen LogP contribution >= 0.6 is 7.37 Å². The molecule has 2 atom stereocenters. The zero-order valence-electron chi connectivity index (χ0n) is 19.5. The maximum absolute atomic E-state index is 13.6. The van der Waals surface area contributed by atoms with Gasteiger partial charge in [-0.3, -0.25) is 14.2 Å². The number of nitrogens with zero attached hydrogens (tertiary/aromatic N) is 1. The van der Waals surface area contributed by atoms with Crippen molar-refractivity contribution in [1.29, 1.82) is 0 Å². The Morgan fingerprint density at radius 3 is 1.68 bits per heavy atom. The molecule has 0 saturated heterocycles. The smallest absolute Gasteiger partial charge is 0.296 e. The van der Waals surface area contributed by atoms with Crippen LogP contribution in [0.5, 0.6) is 0 Å². The van der Waals surface area contributed by atoms with E-state index in [1.54, 1.807) is 4.90 Å². The number of carbonyl (C=O) groups excluding carboxylic acids is 2. The summed E-state index contributed by atoms with van der Waals surface area (Å²) in [5, 5.41) is 0. The summed E-state index contributed by atoms with van der Waals surface area (Å²) in [4.78, 5) is 27.0. The lowest BCUT2D eigenvalue weighted by Gasteiger charge is -2.31. The molecule has 7 nitrogen and oxygen atoms in total. The van der Waals surface area contributed by atoms with Gasteiger partial charge in [-0.2, -0.15) is 0 Å². The fraction of sp³-hybridized carbons (Fsp3) is 0.882. The van der Waals surface area contributed by atoms with Crippen LogP contribution in [0.15, 0.2) is 0 Å². The van der Waals surface area contributed by atoms with Crippen molar-refractivity contribution in [3.8, 4) is 0 Å². The highest BCUT2D eigenvalue weighted by molar-refractivity contribution is 7.60. The van der Waals surface area contributed by atoms with Crippen molar-refractivity contribution in [1.82, 2.24) is 4.90 Å². The first-order valence-electron chi connectivity index (χ1n) is 9.60. The first-order valence-corrected chi connectivity index (χ1v) is 21.8. The van der Waals surface area contributed by atoms with Crippen LogP contribution in [-0.2, 0) is 27.2 Å². The quantitative estimate of drug-likeness (QED) is 0.328. The predicted molar refractivity (Wildman–Crippen MR) is 122 cm³/mol. The summed E-state index contributed by atoms with van der Waals surface area (Å²) in [5.74, 6) is -1.76. The molecule has 2 unspecified atom stereocenters. The van der Waals surface area contributed by atoms with Crippen molar-refractivity contribution < 1.29 is 27.2 Å². The second-order valence-electron chi connectivity index (χ2n) is 10.4. The van der Waals surface area contributed by atoms with Crippen LogP contribution in [0.2, 0.25) is 58.9 Å². The van der Waals surface area contributed by atoms with E-state index in [0.29, 0.717) is 0 Å². The molecule has 0 rings (SSSR count). The van der Waals surface area contributed by atoms with E-state index in [4.69, 9.17) is 13.1 Å². The molecule has 0 aromatic carbocycles. The maximum atomic E-state index is 13.6. The lowest BCUT2D eigenvalue weighted by Crippen LogP contribution is -2.38. The van der Waals surface area contributed by atoms with Gasteiger partial charge < -0.3 is 18.0 Å². The molecule has 0 amide bonds. The summed E-state index contributed by atoms with van der Waals surface area (Å²) in [7, 11) is -5.92. The van der Waals surface area contributed by atoms with Crippen LogP contribution in [0.1, 0.15) is 6.42 Å². The first-order chi connectivity index (χ1) is 12.2. The summed E-state index contributed by atoms with van der Waals surface area (Å²) in [5.41, 5.74) is 0. The van der Waals surface area contributed by atoms with Crippen molar-refractivity contribution in [2.45, 2.75) is 65.3 Å². The SMILES string of the molecule is CN(C)CP(=O)(CC(CC(=O)O[Si](C)(C)C)C(=O)O[Si](C)(C)C)O[Si](C)(C)C. The third kappa shape index (κ3) is 13.8. The van der Waals surface area contributed by atoms with E-state index in [0.717, 1.165) is 0 Å². The lowest BCUT2D eigenvalue weighted by atomic mass is 10.1. The van der Waals surface area contributed by atoms with Gasteiger partial charge in [-0.25, -0.2) is 0 Å². The van der Waals surface area contributed by atoms with Crippen LogP contribution in [0, 0.1) is 5.92 Å². The summed E-state index contributed by atoms with van der Waals surface area (Å²) >= 11 is 0. The van der Waals surface area contributed by atoms with Crippen LogP contribution in [0.25, 0.3) is 0 Å². The molecular formula is C17H40NO6PSi3. The van der Waals surface area contributed by atoms with Gasteiger partial charge in [0.25, 0.3) is 11.9 Å². The standard InChI is InChI=1S/C17H40NO6PSi3/c1-18(2)14-25(21,24-28(9,10)11)13-15(17(20)23-27(6,7)8)12-16(19)22-26(3,4)5/h15H,12-14H2,1-11H3. The van der Waals surface area contributed by atoms with Crippen molar-refractivity contribution in [3.05, 3.63) is 0 Å². The Bertz CT molecular complexity index is 593. The Morgan fingerprint density at radius 2 is 1.32 bits per heavy atom. The van der Waals surface area contributed by atoms with E-state index >= 15 is 0 Å². The summed E-state index contributed by atoms with van der Waals surface area (Å²) in [6.07, 6.45) is 0.0662. The van der Waals surface area contributed by atoms with E-state index in [9.17, 15) is 14.2 Å². The number of carbonyl (C=O) groups is 2. The molecule has 0 saturated carbocycles. The fourth-order valence-corrected chi connectivity index (χ4v) is 10.6. The molecule has 0 aromatic rings. The average molecular weight is 470 g/mol. The second-order valence-corrected chi connectivity index (χ2v) is 26.5. The molecular weight excluding hydrogens is 429 g/mol. The van der Waals surface area contributed by atoms with E-state index in [-0.39, 0.29) is 18.9 Å². The van der Waals surface area contributed by atoms with Crippen LogP contribution in [0.3, 0.4) is 0 Å². The summed E-state index contributed by atoms with van der Waals surface area (Å²) in [6, 6.07) is 0. The van der Waals surface area contributed by atoms with Crippen LogP contribution in [-0.4, -0.2) is 68.3 Å². The minimum atomic E-state index is -3.17. The monoisotopic (exact) mass is 469 g/mol. The van der Waals surface area contributed by atoms with Gasteiger partial charge in [0, 0.05) is 6.16 Å². The van der Waals surface area contributed by atoms with Gasteiger partial charge in [-0.05, 0) is 73.0 Å². The Balaban J connectivity index is 5.69. The molecule has 0 spiro atoms. The normalized spacial score (nSPS) is 16.4. The van der Waals surface area contributed by atoms with Crippen LogP contribution in [0.4, 0.5) is 0 Å². The van der Waals surface area contributed by atoms with E-state index in [1.165, 1.54) is 0 Å². The maximum Gasteiger partial charge on any atom is 0.296 e. The third-order valence-corrected chi connectivity index (χ3v) is 10.2. The summed E-state index contributed by atoms with van der Waals surface area (Å²) in [6.45, 7) is 17.3. The fourth-order valence-electron chi connectivity index (χ4n) is 2.58. The molecule has 166 valence electrons. The summed E-state index contributed by atoms with van der Waals surface area (Å²) < 4.78 is 30.8. The molecule has 0 radical (unpaired) electrons. The molecule has 0 aromatic heterocycles. The van der Waals surface area contributed by atoms with E-state index in [1.807, 2.05) is 73.0 Å². The Hall–Kier alpha value is -0.259. The molecule has 0 aliphatic carbocycles. The highest BCUT2D eigenvalue weighted by atomic mass is 31.2. The predicted octanol–water partition coefficient (Wildman–Crippen LogP) is 4.40. The van der Waals surface area contributed by atoms with Crippen molar-refractivity contribution in [2.24, 2.45) is 5.92 Å². The topological polar surface area (TPSA) is 82.1 Å². The highest BCUT2D eigenvalue weighted by Crippen LogP contribution is 2.51. The minimum absolute atomic E-state index is 0.0143. The van der Waals surface area contributed by atoms with E-state index < -0.39 is 50.2 Å². The molecule has 28 heavy (non-hydrogen) atoms. The van der Waals surface area contributed by atoms with Crippen molar-refractivity contribution >= 4 is 44.3 Å². The number of hydrogen-bond acceptors (Lipinski definition) is 7. The Kier molecular flexibility index (Phi) is 10.1. The van der Waals surface area contributed by atoms with Crippen LogP contribution < -0.4 is 0 Å². The van der Waals surface area contributed by atoms with E-state index in [2.05, 4.69) is 0 Å². The van der Waals surface area contributed by atoms with Gasteiger partial charge in [0.2, 0.25) is 24.0 Å². The van der Waals surface area contributed by atoms with Gasteiger partial charge in [-0.15, -0.1) is 0 Å². The Morgan fingerprint density at radius 1 is 0.857 bits per heavy atom. The molecule has 0 fully saturated rings. The zero-order valence-corrected chi connectivity index (χ0v) is 23.4. The van der Waals surface area contributed by atoms with Gasteiger partial charge in [-0.1, -0.05) is 0 Å². The lowest BCUT2D eigenvalue weighted by molar-refractivity contribution is -0.145. The van der Waals surface area contributed by atoms with Gasteiger partial charge in [0.15, 0.2) is 8.32 Å². The average Bonchev–Trinajstić information content (AvgIpc) is 2.28. The number of rotatable bonds is 11. The van der Waals surface area contributed by atoms with Gasteiger partial charge >= 0.3 is 0 Å². The highest BCUT2D eigenvalue weighted by Gasteiger charge is 2.39.